The first kappa shape index (κ1) is 15.3. The Morgan fingerprint density at radius 1 is 1.41 bits per heavy atom. The fourth-order valence-electron chi connectivity index (χ4n) is 1.06. The van der Waals surface area contributed by atoms with E-state index in [9.17, 15) is 14.4 Å². The maximum atomic E-state index is 11.4. The molecule has 98 valence electrons. The lowest BCUT2D eigenvalue weighted by Crippen LogP contribution is -2.49. The van der Waals surface area contributed by atoms with Crippen molar-refractivity contribution in [3.63, 3.8) is 0 Å². The van der Waals surface area contributed by atoms with E-state index in [0.29, 0.717) is 0 Å². The number of methoxy groups -OCH3 is 1. The lowest BCUT2D eigenvalue weighted by Gasteiger charge is -2.16. The molecule has 2 atom stereocenters. The first-order chi connectivity index (χ1) is 7.88. The molecule has 0 aliphatic carbocycles. The number of carbonyl (C=O) groups excluding carboxylic acids is 2. The Morgan fingerprint density at radius 3 is 2.41 bits per heavy atom. The number of carboxylic acids is 1. The average Bonchev–Trinajstić information content (AvgIpc) is 2.23. The summed E-state index contributed by atoms with van der Waals surface area (Å²) in [5.41, 5.74) is 10.3. The van der Waals surface area contributed by atoms with Crippen LogP contribution < -0.4 is 16.8 Å². The van der Waals surface area contributed by atoms with Gasteiger partial charge < -0.3 is 26.6 Å². The Hall–Kier alpha value is -1.67. The van der Waals surface area contributed by atoms with Gasteiger partial charge in [0.15, 0.2) is 0 Å². The topological polar surface area (TPSA) is 145 Å². The lowest BCUT2D eigenvalue weighted by atomic mass is 10.1. The number of nitrogens with two attached hydrogens (primary N) is 2. The normalized spacial score (nSPS) is 13.8. The van der Waals surface area contributed by atoms with Gasteiger partial charge in [-0.15, -0.1) is 0 Å². The van der Waals surface area contributed by atoms with Gasteiger partial charge in [-0.05, 0) is 6.42 Å². The van der Waals surface area contributed by atoms with Gasteiger partial charge in [-0.2, -0.15) is 0 Å². The predicted octanol–water partition coefficient (Wildman–Crippen LogP) is -2.20. The van der Waals surface area contributed by atoms with E-state index >= 15 is 0 Å². The smallest absolute Gasteiger partial charge is 0.326 e. The second-order valence-electron chi connectivity index (χ2n) is 3.46. The number of nitrogens with one attached hydrogen (secondary N) is 1. The highest BCUT2D eigenvalue weighted by Gasteiger charge is 2.24. The molecule has 17 heavy (non-hydrogen) atoms. The van der Waals surface area contributed by atoms with Gasteiger partial charge in [0, 0.05) is 13.7 Å². The summed E-state index contributed by atoms with van der Waals surface area (Å²) in [6.07, 6.45) is -0.219. The van der Waals surface area contributed by atoms with Crippen LogP contribution in [0.15, 0.2) is 0 Å². The number of primary amides is 1. The largest absolute Gasteiger partial charge is 0.480 e. The van der Waals surface area contributed by atoms with Gasteiger partial charge in [-0.25, -0.2) is 4.79 Å². The Labute approximate surface area is 98.3 Å². The Morgan fingerprint density at radius 2 is 2.00 bits per heavy atom. The van der Waals surface area contributed by atoms with Crippen molar-refractivity contribution >= 4 is 17.8 Å². The van der Waals surface area contributed by atoms with E-state index < -0.39 is 36.3 Å². The van der Waals surface area contributed by atoms with Crippen LogP contribution in [-0.2, 0) is 19.1 Å². The zero-order valence-electron chi connectivity index (χ0n) is 9.51. The molecule has 8 heteroatoms. The molecule has 0 aromatic heterocycles. The first-order valence-corrected chi connectivity index (χ1v) is 4.94. The van der Waals surface area contributed by atoms with E-state index in [1.165, 1.54) is 7.11 Å². The third-order valence-corrected chi connectivity index (χ3v) is 1.99. The molecule has 6 N–H and O–H groups in total. The second kappa shape index (κ2) is 7.58. The van der Waals surface area contributed by atoms with Crippen LogP contribution in [0.5, 0.6) is 0 Å². The van der Waals surface area contributed by atoms with Crippen LogP contribution in [0.2, 0.25) is 0 Å². The molecule has 0 rings (SSSR count). The van der Waals surface area contributed by atoms with Crippen molar-refractivity contribution in [3.05, 3.63) is 0 Å². The minimum atomic E-state index is -1.35. The molecule has 0 aromatic carbocycles. The molecule has 0 aromatic rings. The van der Waals surface area contributed by atoms with Crippen LogP contribution >= 0.6 is 0 Å². The Balaban J connectivity index is 4.29. The van der Waals surface area contributed by atoms with Crippen molar-refractivity contribution in [1.82, 2.24) is 5.32 Å². The molecule has 0 aliphatic heterocycles. The zero-order chi connectivity index (χ0) is 13.4. The summed E-state index contributed by atoms with van der Waals surface area (Å²) >= 11 is 0. The first-order valence-electron chi connectivity index (χ1n) is 4.94. The van der Waals surface area contributed by atoms with E-state index in [2.05, 4.69) is 5.32 Å². The average molecular weight is 247 g/mol. The van der Waals surface area contributed by atoms with E-state index in [4.69, 9.17) is 21.3 Å². The highest BCUT2D eigenvalue weighted by atomic mass is 16.5. The number of amides is 2. The van der Waals surface area contributed by atoms with Crippen LogP contribution in [0.1, 0.15) is 12.8 Å². The Kier molecular flexibility index (Phi) is 6.83. The van der Waals surface area contributed by atoms with Crippen molar-refractivity contribution < 1.29 is 24.2 Å². The van der Waals surface area contributed by atoms with Crippen LogP contribution in [0, 0.1) is 0 Å². The summed E-state index contributed by atoms with van der Waals surface area (Å²) in [5.74, 6) is -2.81. The molecule has 0 fully saturated rings. The number of aliphatic carboxylic acids is 1. The molecule has 0 spiro atoms. The molecule has 0 saturated carbocycles. The molecule has 2 amide bonds. The van der Waals surface area contributed by atoms with Crippen molar-refractivity contribution in [3.8, 4) is 0 Å². The number of carbonyl (C=O) groups is 3. The summed E-state index contributed by atoms with van der Waals surface area (Å²) in [7, 11) is 1.46. The molecule has 0 bridgehead atoms. The number of rotatable bonds is 8. The van der Waals surface area contributed by atoms with Gasteiger partial charge in [0.05, 0.1) is 12.5 Å². The SMILES string of the molecule is COCCC(N)C(=O)N[C@H](CC(N)=O)C(=O)O. The van der Waals surface area contributed by atoms with Crippen LogP contribution in [0.25, 0.3) is 0 Å². The highest BCUT2D eigenvalue weighted by molar-refractivity contribution is 5.89. The molecule has 0 aliphatic rings. The van der Waals surface area contributed by atoms with Crippen LogP contribution in [0.4, 0.5) is 0 Å². The Bertz CT molecular complexity index is 294. The number of carboxylic acid groups (broad SMARTS) is 1. The summed E-state index contributed by atoms with van der Waals surface area (Å²) < 4.78 is 4.73. The van der Waals surface area contributed by atoms with E-state index in [-0.39, 0.29) is 13.0 Å². The fraction of sp³-hybridized carbons (Fsp3) is 0.667. The zero-order valence-corrected chi connectivity index (χ0v) is 9.51. The number of hydrogen-bond acceptors (Lipinski definition) is 5. The van der Waals surface area contributed by atoms with Crippen LogP contribution in [-0.4, -0.2) is 48.7 Å². The van der Waals surface area contributed by atoms with Gasteiger partial charge in [0.2, 0.25) is 11.8 Å². The predicted molar refractivity (Wildman–Crippen MR) is 57.8 cm³/mol. The van der Waals surface area contributed by atoms with Gasteiger partial charge >= 0.3 is 5.97 Å². The monoisotopic (exact) mass is 247 g/mol. The minimum Gasteiger partial charge on any atom is -0.480 e. The highest BCUT2D eigenvalue weighted by Crippen LogP contribution is 1.95. The fourth-order valence-corrected chi connectivity index (χ4v) is 1.06. The van der Waals surface area contributed by atoms with E-state index in [1.807, 2.05) is 0 Å². The van der Waals surface area contributed by atoms with Gasteiger partial charge in [0.1, 0.15) is 6.04 Å². The maximum absolute atomic E-state index is 11.4. The number of ether oxygens (including phenoxy) is 1. The second-order valence-corrected chi connectivity index (χ2v) is 3.46. The van der Waals surface area contributed by atoms with E-state index in [0.717, 1.165) is 0 Å². The van der Waals surface area contributed by atoms with Crippen LogP contribution in [0.3, 0.4) is 0 Å². The van der Waals surface area contributed by atoms with Crippen molar-refractivity contribution in [2.75, 3.05) is 13.7 Å². The third kappa shape index (κ3) is 6.48. The van der Waals surface area contributed by atoms with E-state index in [1.54, 1.807) is 0 Å². The van der Waals surface area contributed by atoms with Crippen molar-refractivity contribution in [1.29, 1.82) is 0 Å². The van der Waals surface area contributed by atoms with Gasteiger partial charge in [0.25, 0.3) is 0 Å². The summed E-state index contributed by atoms with van der Waals surface area (Å²) in [4.78, 5) is 32.8. The molecule has 8 nitrogen and oxygen atoms in total. The minimum absolute atomic E-state index is 0.255. The third-order valence-electron chi connectivity index (χ3n) is 1.99. The van der Waals surface area contributed by atoms with Crippen molar-refractivity contribution in [2.24, 2.45) is 11.5 Å². The standard InChI is InChI=1S/C9H17N3O5/c1-17-3-2-5(10)8(14)12-6(9(15)16)4-7(11)13/h5-6H,2-4,10H2,1H3,(H2,11,13)(H,12,14)(H,15,16)/t5?,6-/m1/s1. The maximum Gasteiger partial charge on any atom is 0.326 e. The summed E-state index contributed by atoms with van der Waals surface area (Å²) in [6.45, 7) is 0.280. The molecule has 0 radical (unpaired) electrons. The number of hydrogen-bond donors (Lipinski definition) is 4. The quantitative estimate of drug-likeness (QED) is 0.383. The molecule has 1 unspecified atom stereocenters. The molecule has 0 heterocycles. The molecular weight excluding hydrogens is 230 g/mol. The molecule has 0 saturated heterocycles. The molecular formula is C9H17N3O5. The van der Waals surface area contributed by atoms with Gasteiger partial charge in [-0.1, -0.05) is 0 Å². The van der Waals surface area contributed by atoms with Crippen molar-refractivity contribution in [2.45, 2.75) is 24.9 Å². The van der Waals surface area contributed by atoms with Gasteiger partial charge in [-0.3, -0.25) is 9.59 Å². The lowest BCUT2D eigenvalue weighted by molar-refractivity contribution is -0.143. The summed E-state index contributed by atoms with van der Waals surface area (Å²) in [5, 5.41) is 10.9. The summed E-state index contributed by atoms with van der Waals surface area (Å²) in [6, 6.07) is -2.24.